The first kappa shape index (κ1) is 12.6. The van der Waals surface area contributed by atoms with Crippen LogP contribution in [-0.4, -0.2) is 25.7 Å². The Kier molecular flexibility index (Phi) is 2.71. The largest absolute Gasteiger partial charge is 0.367 e. The molecule has 0 aliphatic rings. The van der Waals surface area contributed by atoms with Crippen molar-refractivity contribution in [3.8, 4) is 11.3 Å². The van der Waals surface area contributed by atoms with Crippen molar-refractivity contribution in [1.82, 2.24) is 19.9 Å². The quantitative estimate of drug-likeness (QED) is 0.701. The molecule has 102 valence electrons. The number of carbonyl (C=O) groups is 1. The van der Waals surface area contributed by atoms with Crippen LogP contribution in [0.4, 0.5) is 0 Å². The average Bonchev–Trinajstić information content (AvgIpc) is 3.05. The van der Waals surface area contributed by atoms with Gasteiger partial charge in [-0.25, -0.2) is 9.97 Å². The van der Waals surface area contributed by atoms with E-state index in [1.54, 1.807) is 12.4 Å². The zero-order valence-electron chi connectivity index (χ0n) is 11.7. The van der Waals surface area contributed by atoms with Gasteiger partial charge in [-0.3, -0.25) is 4.79 Å². The van der Waals surface area contributed by atoms with Gasteiger partial charge in [0.2, 0.25) is 0 Å². The molecule has 3 rings (SSSR count). The van der Waals surface area contributed by atoms with Crippen LogP contribution in [0.5, 0.6) is 0 Å². The summed E-state index contributed by atoms with van der Waals surface area (Å²) in [4.78, 5) is 27.4. The highest BCUT2D eigenvalue weighted by atomic mass is 16.1. The third-order valence-electron chi connectivity index (χ3n) is 3.20. The van der Waals surface area contributed by atoms with Crippen LogP contribution in [0, 0.1) is 5.41 Å². The Hall–Kier alpha value is -2.43. The number of H-pyrrole nitrogens is 2. The molecule has 0 aliphatic carbocycles. The second-order valence-corrected chi connectivity index (χ2v) is 5.83. The van der Waals surface area contributed by atoms with Gasteiger partial charge in [0.25, 0.3) is 0 Å². The van der Waals surface area contributed by atoms with Crippen LogP contribution in [0.3, 0.4) is 0 Å². The summed E-state index contributed by atoms with van der Waals surface area (Å²) in [6.07, 6.45) is 7.08. The summed E-state index contributed by atoms with van der Waals surface area (Å²) in [5.74, 6) is 0.0595. The number of Topliss-reactive ketones (excluding diaryl/α,β-unsaturated/α-hetero) is 1. The summed E-state index contributed by atoms with van der Waals surface area (Å²) >= 11 is 0. The fourth-order valence-corrected chi connectivity index (χ4v) is 2.09. The molecule has 0 saturated carbocycles. The molecule has 3 aromatic rings. The number of rotatable bonds is 2. The molecule has 0 amide bonds. The van der Waals surface area contributed by atoms with Crippen LogP contribution in [-0.2, 0) is 0 Å². The molecular weight excluding hydrogens is 252 g/mol. The second-order valence-electron chi connectivity index (χ2n) is 5.83. The van der Waals surface area contributed by atoms with Gasteiger partial charge in [-0.2, -0.15) is 0 Å². The van der Waals surface area contributed by atoms with Gasteiger partial charge in [0, 0.05) is 29.6 Å². The summed E-state index contributed by atoms with van der Waals surface area (Å²) in [6, 6.07) is 1.92. The first-order valence-corrected chi connectivity index (χ1v) is 6.49. The molecule has 3 heterocycles. The molecule has 0 radical (unpaired) electrons. The maximum atomic E-state index is 12.4. The number of nitrogens with zero attached hydrogens (tertiary/aromatic N) is 2. The number of carbonyl (C=O) groups excluding carboxylic acids is 1. The van der Waals surface area contributed by atoms with Crippen molar-refractivity contribution < 1.29 is 4.79 Å². The van der Waals surface area contributed by atoms with Crippen molar-refractivity contribution in [3.63, 3.8) is 0 Å². The van der Waals surface area contributed by atoms with E-state index in [-0.39, 0.29) is 5.78 Å². The molecule has 5 heteroatoms. The van der Waals surface area contributed by atoms with E-state index in [0.29, 0.717) is 16.7 Å². The normalized spacial score (nSPS) is 11.9. The third-order valence-corrected chi connectivity index (χ3v) is 3.20. The lowest BCUT2D eigenvalue weighted by Crippen LogP contribution is -2.20. The summed E-state index contributed by atoms with van der Waals surface area (Å²) in [5.41, 5.74) is 3.12. The van der Waals surface area contributed by atoms with E-state index >= 15 is 0 Å². The van der Waals surface area contributed by atoms with Gasteiger partial charge in [-0.1, -0.05) is 20.8 Å². The van der Waals surface area contributed by atoms with Crippen LogP contribution in [0.25, 0.3) is 22.4 Å². The Morgan fingerprint density at radius 2 is 2.05 bits per heavy atom. The van der Waals surface area contributed by atoms with Crippen molar-refractivity contribution in [2.75, 3.05) is 0 Å². The Morgan fingerprint density at radius 1 is 1.25 bits per heavy atom. The lowest BCUT2D eigenvalue weighted by molar-refractivity contribution is 0.0860. The molecule has 0 fully saturated rings. The van der Waals surface area contributed by atoms with Crippen LogP contribution in [0.15, 0.2) is 30.9 Å². The third kappa shape index (κ3) is 2.01. The number of aromatic amines is 2. The molecule has 0 unspecified atom stereocenters. The van der Waals surface area contributed by atoms with E-state index in [1.165, 1.54) is 0 Å². The minimum absolute atomic E-state index is 0.0595. The molecule has 3 aromatic heterocycles. The van der Waals surface area contributed by atoms with Gasteiger partial charge >= 0.3 is 0 Å². The summed E-state index contributed by atoms with van der Waals surface area (Å²) < 4.78 is 0. The zero-order valence-corrected chi connectivity index (χ0v) is 11.7. The topological polar surface area (TPSA) is 74.4 Å². The average molecular weight is 268 g/mol. The summed E-state index contributed by atoms with van der Waals surface area (Å²) in [7, 11) is 0. The predicted molar refractivity (Wildman–Crippen MR) is 77.5 cm³/mol. The van der Waals surface area contributed by atoms with E-state index in [2.05, 4.69) is 19.9 Å². The van der Waals surface area contributed by atoms with Crippen LogP contribution in [0.1, 0.15) is 31.1 Å². The van der Waals surface area contributed by atoms with E-state index in [9.17, 15) is 4.79 Å². The maximum absolute atomic E-state index is 12.4. The van der Waals surface area contributed by atoms with Crippen molar-refractivity contribution in [3.05, 3.63) is 36.4 Å². The lowest BCUT2D eigenvalue weighted by atomic mass is 9.87. The standard InChI is InChI=1S/C15H16N4O/c1-15(2,3)13(20)10-7-17-14-12(10)19-11(8-18-14)9-4-5-16-6-9/h4-8,16H,1-3H3,(H,17,18). The van der Waals surface area contributed by atoms with E-state index in [1.807, 2.05) is 39.2 Å². The highest BCUT2D eigenvalue weighted by Crippen LogP contribution is 2.26. The monoisotopic (exact) mass is 268 g/mol. The van der Waals surface area contributed by atoms with Crippen LogP contribution in [0.2, 0.25) is 0 Å². The molecular formula is C15H16N4O. The van der Waals surface area contributed by atoms with E-state index in [0.717, 1.165) is 11.3 Å². The number of aromatic nitrogens is 4. The van der Waals surface area contributed by atoms with Gasteiger partial charge in [-0.15, -0.1) is 0 Å². The Bertz CT molecular complexity index is 763. The fraction of sp³-hybridized carbons (Fsp3) is 0.267. The minimum atomic E-state index is -0.444. The predicted octanol–water partition coefficient (Wildman–Crippen LogP) is 3.18. The highest BCUT2D eigenvalue weighted by molar-refractivity contribution is 6.08. The molecule has 0 atom stereocenters. The molecule has 0 spiro atoms. The second kappa shape index (κ2) is 4.30. The molecule has 2 N–H and O–H groups in total. The first-order chi connectivity index (χ1) is 9.47. The molecule has 0 saturated heterocycles. The molecule has 5 nitrogen and oxygen atoms in total. The van der Waals surface area contributed by atoms with Gasteiger partial charge in [-0.05, 0) is 6.07 Å². The van der Waals surface area contributed by atoms with Gasteiger partial charge in [0.15, 0.2) is 11.4 Å². The van der Waals surface area contributed by atoms with Gasteiger partial charge in [0.05, 0.1) is 17.5 Å². The number of nitrogens with one attached hydrogen (secondary N) is 2. The van der Waals surface area contributed by atoms with Crippen LogP contribution >= 0.6 is 0 Å². The molecule has 0 aromatic carbocycles. The molecule has 0 bridgehead atoms. The van der Waals surface area contributed by atoms with Crippen molar-refractivity contribution in [2.45, 2.75) is 20.8 Å². The number of fused-ring (bicyclic) bond motifs is 1. The smallest absolute Gasteiger partial charge is 0.171 e. The van der Waals surface area contributed by atoms with E-state index in [4.69, 9.17) is 0 Å². The summed E-state index contributed by atoms with van der Waals surface area (Å²) in [6.45, 7) is 5.70. The SMILES string of the molecule is CC(C)(C)C(=O)c1c[nH]c2ncc(-c3cc[nH]c3)nc12. The Labute approximate surface area is 116 Å². The Balaban J connectivity index is 2.16. The first-order valence-electron chi connectivity index (χ1n) is 6.49. The van der Waals surface area contributed by atoms with Crippen molar-refractivity contribution >= 4 is 16.9 Å². The number of hydrogen-bond acceptors (Lipinski definition) is 3. The van der Waals surface area contributed by atoms with Crippen molar-refractivity contribution in [1.29, 1.82) is 0 Å². The number of hydrogen-bond donors (Lipinski definition) is 2. The highest BCUT2D eigenvalue weighted by Gasteiger charge is 2.26. The zero-order chi connectivity index (χ0) is 14.3. The van der Waals surface area contributed by atoms with Crippen LogP contribution < -0.4 is 0 Å². The number of ketones is 1. The summed E-state index contributed by atoms with van der Waals surface area (Å²) in [5, 5.41) is 0. The maximum Gasteiger partial charge on any atom is 0.171 e. The molecule has 0 aliphatic heterocycles. The van der Waals surface area contributed by atoms with E-state index < -0.39 is 5.41 Å². The Morgan fingerprint density at radius 3 is 2.70 bits per heavy atom. The fourth-order valence-electron chi connectivity index (χ4n) is 2.09. The van der Waals surface area contributed by atoms with Crippen molar-refractivity contribution in [2.24, 2.45) is 5.41 Å². The lowest BCUT2D eigenvalue weighted by Gasteiger charge is -2.15. The van der Waals surface area contributed by atoms with Gasteiger partial charge < -0.3 is 9.97 Å². The minimum Gasteiger partial charge on any atom is -0.367 e. The molecule has 20 heavy (non-hydrogen) atoms. The van der Waals surface area contributed by atoms with Gasteiger partial charge in [0.1, 0.15) is 5.52 Å².